The van der Waals surface area contributed by atoms with Gasteiger partial charge < -0.3 is 0 Å². The van der Waals surface area contributed by atoms with Crippen LogP contribution in [-0.2, 0) is 6.42 Å². The van der Waals surface area contributed by atoms with Crippen LogP contribution in [0.4, 0.5) is 13.2 Å². The number of benzene rings is 2. The van der Waals surface area contributed by atoms with Gasteiger partial charge in [0.05, 0.1) is 0 Å². The summed E-state index contributed by atoms with van der Waals surface area (Å²) in [6.07, 6.45) is -0.429. The van der Waals surface area contributed by atoms with Crippen LogP contribution in [0.15, 0.2) is 42.5 Å². The van der Waals surface area contributed by atoms with Crippen molar-refractivity contribution in [3.8, 4) is 0 Å². The van der Waals surface area contributed by atoms with Crippen molar-refractivity contribution in [2.45, 2.75) is 6.42 Å². The van der Waals surface area contributed by atoms with Crippen molar-refractivity contribution in [3.05, 3.63) is 71.0 Å². The summed E-state index contributed by atoms with van der Waals surface area (Å²) < 4.78 is 39.4. The molecule has 0 atom stereocenters. The van der Waals surface area contributed by atoms with Crippen molar-refractivity contribution < 1.29 is 18.0 Å². The van der Waals surface area contributed by atoms with E-state index in [1.54, 1.807) is 30.3 Å². The smallest absolute Gasteiger partial charge is 0.167 e. The van der Waals surface area contributed by atoms with Crippen LogP contribution in [-0.4, -0.2) is 5.78 Å². The van der Waals surface area contributed by atoms with E-state index in [0.717, 1.165) is 0 Å². The van der Waals surface area contributed by atoms with Gasteiger partial charge in [-0.1, -0.05) is 30.3 Å². The van der Waals surface area contributed by atoms with E-state index in [1.165, 1.54) is 0 Å². The lowest BCUT2D eigenvalue weighted by molar-refractivity contribution is 0.0990. The topological polar surface area (TPSA) is 17.1 Å². The second-order valence-electron chi connectivity index (χ2n) is 3.81. The van der Waals surface area contributed by atoms with Gasteiger partial charge >= 0.3 is 0 Å². The highest BCUT2D eigenvalue weighted by atomic mass is 19.1. The molecule has 92 valence electrons. The number of hydrogen-bond acceptors (Lipinski definition) is 1. The van der Waals surface area contributed by atoms with Gasteiger partial charge in [0.2, 0.25) is 0 Å². The quantitative estimate of drug-likeness (QED) is 0.761. The van der Waals surface area contributed by atoms with Crippen molar-refractivity contribution in [3.63, 3.8) is 0 Å². The van der Waals surface area contributed by atoms with E-state index in [4.69, 9.17) is 0 Å². The molecule has 0 aliphatic heterocycles. The summed E-state index contributed by atoms with van der Waals surface area (Å²) in [5.41, 5.74) is -0.0501. The number of ketones is 1. The van der Waals surface area contributed by atoms with Crippen LogP contribution >= 0.6 is 0 Å². The number of carbonyl (C=O) groups is 1. The number of hydrogen-bond donors (Lipinski definition) is 0. The first kappa shape index (κ1) is 12.4. The summed E-state index contributed by atoms with van der Waals surface area (Å²) in [7, 11) is 0. The van der Waals surface area contributed by atoms with E-state index in [1.807, 2.05) is 0 Å². The van der Waals surface area contributed by atoms with Crippen molar-refractivity contribution in [1.29, 1.82) is 0 Å². The maximum atomic E-state index is 13.4. The molecule has 0 fully saturated rings. The zero-order valence-electron chi connectivity index (χ0n) is 9.29. The van der Waals surface area contributed by atoms with Gasteiger partial charge in [0.15, 0.2) is 5.78 Å². The Morgan fingerprint density at radius 3 is 2.06 bits per heavy atom. The van der Waals surface area contributed by atoms with E-state index in [0.29, 0.717) is 17.7 Å². The van der Waals surface area contributed by atoms with Crippen LogP contribution in [0.3, 0.4) is 0 Å². The van der Waals surface area contributed by atoms with E-state index in [-0.39, 0.29) is 0 Å². The van der Waals surface area contributed by atoms with Gasteiger partial charge in [0.1, 0.15) is 17.5 Å². The van der Waals surface area contributed by atoms with Gasteiger partial charge in [0.25, 0.3) is 0 Å². The molecule has 2 aromatic carbocycles. The summed E-state index contributed by atoms with van der Waals surface area (Å²) in [5, 5.41) is 0. The minimum Gasteiger partial charge on any atom is -0.294 e. The molecule has 1 nitrogen and oxygen atoms in total. The summed E-state index contributed by atoms with van der Waals surface area (Å²) in [5.74, 6) is -3.51. The molecular weight excluding hydrogens is 241 g/mol. The maximum Gasteiger partial charge on any atom is 0.167 e. The van der Waals surface area contributed by atoms with E-state index in [2.05, 4.69) is 0 Å². The lowest BCUT2D eigenvalue weighted by atomic mass is 10.0. The molecule has 0 heterocycles. The molecule has 2 rings (SSSR count). The molecule has 2 aromatic rings. The standard InChI is InChI=1S/C14H9F3O/c15-10-6-12(16)11(13(17)7-10)8-14(18)9-4-2-1-3-5-9/h1-7H,8H2. The highest BCUT2D eigenvalue weighted by Crippen LogP contribution is 2.17. The first-order chi connectivity index (χ1) is 8.58. The Bertz CT molecular complexity index is 556. The van der Waals surface area contributed by atoms with Crippen molar-refractivity contribution in [2.24, 2.45) is 0 Å². The number of rotatable bonds is 3. The van der Waals surface area contributed by atoms with E-state index in [9.17, 15) is 18.0 Å². The molecule has 0 radical (unpaired) electrons. The summed E-state index contributed by atoms with van der Waals surface area (Å²) in [6.45, 7) is 0. The maximum absolute atomic E-state index is 13.4. The second-order valence-corrected chi connectivity index (χ2v) is 3.81. The molecular formula is C14H9F3O. The minimum absolute atomic E-state index is 0.362. The number of Topliss-reactive ketones (excluding diaryl/α,β-unsaturated/α-hetero) is 1. The first-order valence-corrected chi connectivity index (χ1v) is 5.29. The molecule has 18 heavy (non-hydrogen) atoms. The van der Waals surface area contributed by atoms with Gasteiger partial charge in [-0.2, -0.15) is 0 Å². The SMILES string of the molecule is O=C(Cc1c(F)cc(F)cc1F)c1ccccc1. The molecule has 0 bridgehead atoms. The zero-order valence-corrected chi connectivity index (χ0v) is 9.29. The fourth-order valence-corrected chi connectivity index (χ4v) is 1.63. The molecule has 4 heteroatoms. The Hall–Kier alpha value is -2.10. The predicted molar refractivity (Wildman–Crippen MR) is 60.8 cm³/mol. The third-order valence-electron chi connectivity index (χ3n) is 2.54. The molecule has 0 saturated heterocycles. The molecule has 0 aliphatic carbocycles. The molecule has 0 aromatic heterocycles. The Balaban J connectivity index is 2.28. The monoisotopic (exact) mass is 250 g/mol. The lowest BCUT2D eigenvalue weighted by Gasteiger charge is -2.05. The van der Waals surface area contributed by atoms with Crippen LogP contribution < -0.4 is 0 Å². The summed E-state index contributed by atoms with van der Waals surface area (Å²) in [4.78, 5) is 11.8. The van der Waals surface area contributed by atoms with Gasteiger partial charge in [-0.3, -0.25) is 4.79 Å². The van der Waals surface area contributed by atoms with Crippen LogP contribution in [0.5, 0.6) is 0 Å². The highest BCUT2D eigenvalue weighted by molar-refractivity contribution is 5.97. The van der Waals surface area contributed by atoms with Gasteiger partial charge in [0, 0.05) is 29.7 Å². The number of carbonyl (C=O) groups excluding carboxylic acids is 1. The Morgan fingerprint density at radius 1 is 0.944 bits per heavy atom. The third-order valence-corrected chi connectivity index (χ3v) is 2.54. The number of halogens is 3. The van der Waals surface area contributed by atoms with Crippen LogP contribution in [0.1, 0.15) is 15.9 Å². The molecule has 0 spiro atoms. The fraction of sp³-hybridized carbons (Fsp3) is 0.0714. The first-order valence-electron chi connectivity index (χ1n) is 5.29. The molecule has 0 N–H and O–H groups in total. The molecule has 0 amide bonds. The van der Waals surface area contributed by atoms with E-state index < -0.39 is 35.2 Å². The highest BCUT2D eigenvalue weighted by Gasteiger charge is 2.15. The molecule has 0 aliphatic rings. The zero-order chi connectivity index (χ0) is 13.1. The Labute approximate surface area is 102 Å². The second kappa shape index (κ2) is 5.04. The van der Waals surface area contributed by atoms with Gasteiger partial charge in [-0.25, -0.2) is 13.2 Å². The lowest BCUT2D eigenvalue weighted by Crippen LogP contribution is -2.07. The minimum atomic E-state index is -1.04. The summed E-state index contributed by atoms with van der Waals surface area (Å²) in [6, 6.07) is 9.29. The molecule has 0 unspecified atom stereocenters. The average Bonchev–Trinajstić information content (AvgIpc) is 2.34. The Kier molecular flexibility index (Phi) is 3.46. The Morgan fingerprint density at radius 2 is 1.50 bits per heavy atom. The van der Waals surface area contributed by atoms with Crippen molar-refractivity contribution in [1.82, 2.24) is 0 Å². The molecule has 0 saturated carbocycles. The van der Waals surface area contributed by atoms with Crippen molar-refractivity contribution in [2.75, 3.05) is 0 Å². The van der Waals surface area contributed by atoms with Crippen LogP contribution in [0, 0.1) is 17.5 Å². The summed E-state index contributed by atoms with van der Waals surface area (Å²) >= 11 is 0. The third kappa shape index (κ3) is 2.59. The van der Waals surface area contributed by atoms with Crippen LogP contribution in [0.25, 0.3) is 0 Å². The van der Waals surface area contributed by atoms with Crippen LogP contribution in [0.2, 0.25) is 0 Å². The largest absolute Gasteiger partial charge is 0.294 e. The normalized spacial score (nSPS) is 10.4. The van der Waals surface area contributed by atoms with Crippen molar-refractivity contribution >= 4 is 5.78 Å². The fourth-order valence-electron chi connectivity index (χ4n) is 1.63. The van der Waals surface area contributed by atoms with Gasteiger partial charge in [-0.15, -0.1) is 0 Å². The van der Waals surface area contributed by atoms with E-state index >= 15 is 0 Å². The predicted octanol–water partition coefficient (Wildman–Crippen LogP) is 3.53. The van der Waals surface area contributed by atoms with Gasteiger partial charge in [-0.05, 0) is 0 Å². The average molecular weight is 250 g/mol.